The standard InChI is InChI=1S/C27H33N5O3/c33-27-20-30(17-24-7-5-13-32(24)26-8-2-4-12-29-26)18-25(35-21-23-6-1-3-11-28-23)19-31(27)16-22-9-14-34-15-10-22/h1-8,11-13,22,25H,9-10,14-21H2. The van der Waals surface area contributed by atoms with Crippen LogP contribution >= 0.6 is 0 Å². The minimum Gasteiger partial charge on any atom is -0.381 e. The molecule has 0 radical (unpaired) electrons. The van der Waals surface area contributed by atoms with Crippen molar-refractivity contribution in [2.75, 3.05) is 39.4 Å². The minimum atomic E-state index is -0.0958. The molecule has 35 heavy (non-hydrogen) atoms. The SMILES string of the molecule is O=C1CN(Cc2cccn2-c2ccccn2)CC(OCc2ccccn2)CN1CC1CCOCC1. The van der Waals surface area contributed by atoms with E-state index >= 15 is 0 Å². The maximum atomic E-state index is 13.4. The Labute approximate surface area is 206 Å². The van der Waals surface area contributed by atoms with Crippen molar-refractivity contribution < 1.29 is 14.3 Å². The number of amides is 1. The Hall–Kier alpha value is -3.07. The van der Waals surface area contributed by atoms with Gasteiger partial charge in [-0.1, -0.05) is 12.1 Å². The van der Waals surface area contributed by atoms with E-state index in [1.165, 1.54) is 0 Å². The molecule has 8 nitrogen and oxygen atoms in total. The average molecular weight is 476 g/mol. The van der Waals surface area contributed by atoms with Crippen LogP contribution in [0.15, 0.2) is 67.1 Å². The molecule has 3 aromatic heterocycles. The predicted molar refractivity (Wildman–Crippen MR) is 132 cm³/mol. The van der Waals surface area contributed by atoms with Crippen LogP contribution in [0.25, 0.3) is 5.82 Å². The smallest absolute Gasteiger partial charge is 0.236 e. The summed E-state index contributed by atoms with van der Waals surface area (Å²) in [5.74, 6) is 1.52. The molecule has 2 aliphatic rings. The van der Waals surface area contributed by atoms with Gasteiger partial charge in [0.15, 0.2) is 0 Å². The van der Waals surface area contributed by atoms with Gasteiger partial charge in [0.2, 0.25) is 5.91 Å². The minimum absolute atomic E-state index is 0.0958. The number of nitrogens with zero attached hydrogens (tertiary/aromatic N) is 5. The average Bonchev–Trinajstić information content (AvgIpc) is 3.30. The van der Waals surface area contributed by atoms with E-state index in [1.54, 1.807) is 12.4 Å². The summed E-state index contributed by atoms with van der Waals surface area (Å²) in [5.41, 5.74) is 1.99. The molecule has 0 saturated carbocycles. The van der Waals surface area contributed by atoms with Gasteiger partial charge in [-0.2, -0.15) is 0 Å². The van der Waals surface area contributed by atoms with E-state index in [0.717, 1.165) is 49.8 Å². The fourth-order valence-corrected chi connectivity index (χ4v) is 4.87. The molecule has 2 aliphatic heterocycles. The first kappa shape index (κ1) is 23.7. The highest BCUT2D eigenvalue weighted by Crippen LogP contribution is 2.20. The molecule has 0 N–H and O–H groups in total. The summed E-state index contributed by atoms with van der Waals surface area (Å²) in [6, 6.07) is 15.8. The molecule has 0 spiro atoms. The second-order valence-corrected chi connectivity index (χ2v) is 9.34. The molecule has 8 heteroatoms. The van der Waals surface area contributed by atoms with Gasteiger partial charge in [0.05, 0.1) is 24.9 Å². The number of carbonyl (C=O) groups is 1. The Morgan fingerprint density at radius 2 is 1.80 bits per heavy atom. The molecule has 3 aromatic rings. The van der Waals surface area contributed by atoms with Gasteiger partial charge in [-0.15, -0.1) is 0 Å². The summed E-state index contributed by atoms with van der Waals surface area (Å²) < 4.78 is 13.9. The maximum Gasteiger partial charge on any atom is 0.236 e. The van der Waals surface area contributed by atoms with Crippen molar-refractivity contribution in [3.05, 3.63) is 78.5 Å². The molecule has 0 aliphatic carbocycles. The molecule has 0 bridgehead atoms. The second kappa shape index (κ2) is 11.6. The zero-order valence-electron chi connectivity index (χ0n) is 20.0. The lowest BCUT2D eigenvalue weighted by atomic mass is 9.99. The number of pyridine rings is 2. The molecule has 0 aromatic carbocycles. The lowest BCUT2D eigenvalue weighted by molar-refractivity contribution is -0.133. The Balaban J connectivity index is 1.31. The zero-order valence-corrected chi connectivity index (χ0v) is 20.0. The summed E-state index contributed by atoms with van der Waals surface area (Å²) in [7, 11) is 0. The van der Waals surface area contributed by atoms with Crippen LogP contribution in [0.5, 0.6) is 0 Å². The molecule has 5 heterocycles. The van der Waals surface area contributed by atoms with Gasteiger partial charge in [0, 0.05) is 63.7 Å². The van der Waals surface area contributed by atoms with E-state index in [4.69, 9.17) is 9.47 Å². The number of hydrogen-bond donors (Lipinski definition) is 0. The Bertz CT molecular complexity index is 1070. The lowest BCUT2D eigenvalue weighted by Crippen LogP contribution is -2.42. The molecule has 2 saturated heterocycles. The third-order valence-electron chi connectivity index (χ3n) is 6.72. The lowest BCUT2D eigenvalue weighted by Gasteiger charge is -2.30. The predicted octanol–water partition coefficient (Wildman–Crippen LogP) is 2.92. The van der Waals surface area contributed by atoms with Crippen molar-refractivity contribution in [2.45, 2.75) is 32.1 Å². The number of ether oxygens (including phenoxy) is 2. The highest BCUT2D eigenvalue weighted by molar-refractivity contribution is 5.78. The Morgan fingerprint density at radius 1 is 0.971 bits per heavy atom. The van der Waals surface area contributed by atoms with Crippen molar-refractivity contribution >= 4 is 5.91 Å². The van der Waals surface area contributed by atoms with Gasteiger partial charge in [0.1, 0.15) is 5.82 Å². The molecule has 184 valence electrons. The number of carbonyl (C=O) groups excluding carboxylic acids is 1. The summed E-state index contributed by atoms with van der Waals surface area (Å²) >= 11 is 0. The summed E-state index contributed by atoms with van der Waals surface area (Å²) in [4.78, 5) is 26.5. The topological polar surface area (TPSA) is 72.7 Å². The van der Waals surface area contributed by atoms with E-state index in [-0.39, 0.29) is 12.0 Å². The number of rotatable bonds is 8. The van der Waals surface area contributed by atoms with Crippen LogP contribution in [-0.4, -0.2) is 75.7 Å². The van der Waals surface area contributed by atoms with E-state index in [1.807, 2.05) is 53.6 Å². The van der Waals surface area contributed by atoms with E-state index in [9.17, 15) is 4.79 Å². The van der Waals surface area contributed by atoms with E-state index in [2.05, 4.69) is 25.5 Å². The van der Waals surface area contributed by atoms with Crippen molar-refractivity contribution in [3.8, 4) is 5.82 Å². The van der Waals surface area contributed by atoms with Gasteiger partial charge in [0.25, 0.3) is 0 Å². The monoisotopic (exact) mass is 475 g/mol. The van der Waals surface area contributed by atoms with Gasteiger partial charge >= 0.3 is 0 Å². The molecular formula is C27H33N5O3. The molecule has 5 rings (SSSR count). The van der Waals surface area contributed by atoms with Crippen molar-refractivity contribution in [2.24, 2.45) is 5.92 Å². The fourth-order valence-electron chi connectivity index (χ4n) is 4.87. The largest absolute Gasteiger partial charge is 0.381 e. The first-order chi connectivity index (χ1) is 17.2. The van der Waals surface area contributed by atoms with Crippen molar-refractivity contribution in [1.82, 2.24) is 24.3 Å². The van der Waals surface area contributed by atoms with Gasteiger partial charge in [-0.25, -0.2) is 4.98 Å². The van der Waals surface area contributed by atoms with E-state index in [0.29, 0.717) is 38.7 Å². The summed E-state index contributed by atoms with van der Waals surface area (Å²) in [6.07, 6.45) is 7.51. The Morgan fingerprint density at radius 3 is 2.57 bits per heavy atom. The van der Waals surface area contributed by atoms with Crippen LogP contribution in [0.4, 0.5) is 0 Å². The van der Waals surface area contributed by atoms with Crippen LogP contribution in [0.2, 0.25) is 0 Å². The highest BCUT2D eigenvalue weighted by atomic mass is 16.5. The molecular weight excluding hydrogens is 442 g/mol. The normalized spacial score (nSPS) is 20.2. The van der Waals surface area contributed by atoms with Crippen molar-refractivity contribution in [1.29, 1.82) is 0 Å². The second-order valence-electron chi connectivity index (χ2n) is 9.34. The maximum absolute atomic E-state index is 13.4. The summed E-state index contributed by atoms with van der Waals surface area (Å²) in [6.45, 7) is 5.06. The van der Waals surface area contributed by atoms with Gasteiger partial charge in [-0.3, -0.25) is 14.7 Å². The van der Waals surface area contributed by atoms with Gasteiger partial charge < -0.3 is 18.9 Å². The first-order valence-corrected chi connectivity index (χ1v) is 12.4. The van der Waals surface area contributed by atoms with Crippen LogP contribution in [0.3, 0.4) is 0 Å². The third-order valence-corrected chi connectivity index (χ3v) is 6.72. The molecule has 2 fully saturated rings. The first-order valence-electron chi connectivity index (χ1n) is 12.4. The molecule has 1 atom stereocenters. The van der Waals surface area contributed by atoms with Crippen LogP contribution < -0.4 is 0 Å². The number of aromatic nitrogens is 3. The quantitative estimate of drug-likeness (QED) is 0.499. The van der Waals surface area contributed by atoms with Crippen molar-refractivity contribution in [3.63, 3.8) is 0 Å². The highest BCUT2D eigenvalue weighted by Gasteiger charge is 2.31. The fraction of sp³-hybridized carbons (Fsp3) is 0.444. The zero-order chi connectivity index (χ0) is 23.9. The summed E-state index contributed by atoms with van der Waals surface area (Å²) in [5, 5.41) is 0. The Kier molecular flexibility index (Phi) is 7.82. The van der Waals surface area contributed by atoms with Crippen LogP contribution in [0.1, 0.15) is 24.2 Å². The van der Waals surface area contributed by atoms with Crippen LogP contribution in [-0.2, 0) is 27.4 Å². The van der Waals surface area contributed by atoms with Gasteiger partial charge in [-0.05, 0) is 55.2 Å². The third kappa shape index (κ3) is 6.33. The molecule has 1 amide bonds. The van der Waals surface area contributed by atoms with Crippen LogP contribution in [0, 0.1) is 5.92 Å². The molecule has 1 unspecified atom stereocenters. The van der Waals surface area contributed by atoms with E-state index < -0.39 is 0 Å². The number of hydrogen-bond acceptors (Lipinski definition) is 6.